The Hall–Kier alpha value is -1.20. The van der Waals surface area contributed by atoms with Crippen molar-refractivity contribution >= 4 is 27.4 Å². The number of thiophene rings is 1. The molecule has 1 aliphatic carbocycles. The first-order valence-electron chi connectivity index (χ1n) is 5.94. The third kappa shape index (κ3) is 1.79. The molecule has 3 rings (SSSR count). The molecule has 4 nitrogen and oxygen atoms in total. The maximum Gasteiger partial charge on any atom is 0.158 e. The van der Waals surface area contributed by atoms with Gasteiger partial charge >= 0.3 is 0 Å². The van der Waals surface area contributed by atoms with Gasteiger partial charge < -0.3 is 10.5 Å². The van der Waals surface area contributed by atoms with Gasteiger partial charge in [-0.3, -0.25) is 0 Å². The summed E-state index contributed by atoms with van der Waals surface area (Å²) in [5.41, 5.74) is 7.43. The number of nitrogen functional groups attached to an aromatic ring is 1. The van der Waals surface area contributed by atoms with Gasteiger partial charge in [0.2, 0.25) is 0 Å². The Morgan fingerprint density at radius 3 is 3.06 bits per heavy atom. The van der Waals surface area contributed by atoms with Gasteiger partial charge in [-0.05, 0) is 31.7 Å². The van der Waals surface area contributed by atoms with Gasteiger partial charge in [0, 0.05) is 11.5 Å². The van der Waals surface area contributed by atoms with E-state index in [0.717, 1.165) is 23.1 Å². The highest BCUT2D eigenvalue weighted by Crippen LogP contribution is 2.38. The number of ether oxygens (including phenoxy) is 1. The molecule has 0 spiro atoms. The average molecular weight is 249 g/mol. The summed E-state index contributed by atoms with van der Waals surface area (Å²) in [5.74, 6) is 1.31. The van der Waals surface area contributed by atoms with E-state index < -0.39 is 0 Å². The van der Waals surface area contributed by atoms with Crippen LogP contribution in [0.15, 0.2) is 0 Å². The quantitative estimate of drug-likeness (QED) is 0.906. The van der Waals surface area contributed by atoms with E-state index in [2.05, 4.69) is 9.97 Å². The Balaban J connectivity index is 2.08. The molecule has 5 heteroatoms. The summed E-state index contributed by atoms with van der Waals surface area (Å²) in [6.45, 7) is 3.07. The van der Waals surface area contributed by atoms with Gasteiger partial charge in [0.15, 0.2) is 5.82 Å². The van der Waals surface area contributed by atoms with Gasteiger partial charge in [0.1, 0.15) is 17.3 Å². The molecule has 0 amide bonds. The molecule has 90 valence electrons. The first-order valence-corrected chi connectivity index (χ1v) is 6.75. The van der Waals surface area contributed by atoms with Crippen molar-refractivity contribution in [1.82, 2.24) is 9.97 Å². The smallest absolute Gasteiger partial charge is 0.158 e. The second-order valence-electron chi connectivity index (χ2n) is 4.20. The zero-order valence-corrected chi connectivity index (χ0v) is 10.6. The minimum atomic E-state index is 0.444. The van der Waals surface area contributed by atoms with Crippen LogP contribution in [0.3, 0.4) is 0 Å². The van der Waals surface area contributed by atoms with Crippen LogP contribution in [0.5, 0.6) is 0 Å². The summed E-state index contributed by atoms with van der Waals surface area (Å²) >= 11 is 1.76. The van der Waals surface area contributed by atoms with Crippen LogP contribution in [0.25, 0.3) is 10.2 Å². The lowest BCUT2D eigenvalue weighted by atomic mass is 10.2. The molecule has 0 radical (unpaired) electrons. The Morgan fingerprint density at radius 2 is 2.24 bits per heavy atom. The number of hydrogen-bond donors (Lipinski definition) is 1. The molecule has 0 saturated heterocycles. The van der Waals surface area contributed by atoms with Crippen molar-refractivity contribution in [3.63, 3.8) is 0 Å². The maximum absolute atomic E-state index is 6.05. The average Bonchev–Trinajstić information content (AvgIpc) is 2.85. The second-order valence-corrected chi connectivity index (χ2v) is 5.28. The molecular formula is C12H15N3OS. The van der Waals surface area contributed by atoms with Crippen molar-refractivity contribution in [2.45, 2.75) is 32.8 Å². The van der Waals surface area contributed by atoms with Gasteiger partial charge in [0.05, 0.1) is 5.39 Å². The molecule has 2 aromatic heterocycles. The van der Waals surface area contributed by atoms with E-state index in [9.17, 15) is 0 Å². The fourth-order valence-corrected chi connectivity index (χ4v) is 3.62. The third-order valence-corrected chi connectivity index (χ3v) is 4.26. The van der Waals surface area contributed by atoms with Crippen molar-refractivity contribution in [2.75, 3.05) is 12.3 Å². The lowest BCUT2D eigenvalue weighted by molar-refractivity contribution is 0.128. The minimum absolute atomic E-state index is 0.444. The number of aryl methyl sites for hydroxylation is 2. The molecule has 0 aromatic carbocycles. The number of anilines is 1. The first-order chi connectivity index (χ1) is 8.29. The Labute approximate surface area is 104 Å². The fourth-order valence-electron chi connectivity index (χ4n) is 2.33. The number of nitrogens with two attached hydrogens (primary N) is 1. The van der Waals surface area contributed by atoms with Gasteiger partial charge in [0.25, 0.3) is 0 Å². The number of nitrogens with zero attached hydrogens (tertiary/aromatic N) is 2. The Bertz CT molecular complexity index is 564. The molecule has 0 atom stereocenters. The largest absolute Gasteiger partial charge is 0.383 e. The van der Waals surface area contributed by atoms with Crippen LogP contribution < -0.4 is 5.73 Å². The monoisotopic (exact) mass is 249 g/mol. The van der Waals surface area contributed by atoms with Crippen LogP contribution in [0, 0.1) is 0 Å². The molecule has 2 heterocycles. The molecule has 2 aromatic rings. The second kappa shape index (κ2) is 4.23. The highest BCUT2D eigenvalue weighted by atomic mass is 32.1. The molecule has 0 fully saturated rings. The summed E-state index contributed by atoms with van der Waals surface area (Å²) in [4.78, 5) is 11.3. The van der Waals surface area contributed by atoms with Crippen molar-refractivity contribution < 1.29 is 4.74 Å². The number of fused-ring (bicyclic) bond motifs is 3. The maximum atomic E-state index is 6.05. The van der Waals surface area contributed by atoms with Crippen LogP contribution in [0.4, 0.5) is 5.82 Å². The van der Waals surface area contributed by atoms with E-state index in [1.807, 2.05) is 6.92 Å². The lowest BCUT2D eigenvalue weighted by Gasteiger charge is -2.03. The van der Waals surface area contributed by atoms with Gasteiger partial charge in [-0.15, -0.1) is 11.3 Å². The highest BCUT2D eigenvalue weighted by molar-refractivity contribution is 7.19. The summed E-state index contributed by atoms with van der Waals surface area (Å²) < 4.78 is 5.32. The Kier molecular flexibility index (Phi) is 2.72. The predicted octanol–water partition coefficient (Wildman–Crippen LogP) is 2.30. The van der Waals surface area contributed by atoms with Crippen molar-refractivity contribution in [3.8, 4) is 0 Å². The van der Waals surface area contributed by atoms with Gasteiger partial charge in [-0.2, -0.15) is 0 Å². The summed E-state index contributed by atoms with van der Waals surface area (Å²) in [7, 11) is 0. The standard InChI is InChI=1S/C12H15N3OS/c1-2-16-6-9-14-11(13)10-7-4-3-5-8(7)17-12(10)15-9/h2-6H2,1H3,(H2,13,14,15). The van der Waals surface area contributed by atoms with E-state index in [-0.39, 0.29) is 0 Å². The first kappa shape index (κ1) is 10.9. The van der Waals surface area contributed by atoms with E-state index in [0.29, 0.717) is 24.9 Å². The molecule has 0 unspecified atom stereocenters. The van der Waals surface area contributed by atoms with Crippen LogP contribution in [0.2, 0.25) is 0 Å². The highest BCUT2D eigenvalue weighted by Gasteiger charge is 2.21. The number of aromatic nitrogens is 2. The molecule has 2 N–H and O–H groups in total. The molecule has 0 bridgehead atoms. The molecule has 0 saturated carbocycles. The van der Waals surface area contributed by atoms with Crippen LogP contribution in [-0.4, -0.2) is 16.6 Å². The fraction of sp³-hybridized carbons (Fsp3) is 0.500. The van der Waals surface area contributed by atoms with Crippen molar-refractivity contribution in [1.29, 1.82) is 0 Å². The van der Waals surface area contributed by atoms with Gasteiger partial charge in [-0.1, -0.05) is 0 Å². The molecular weight excluding hydrogens is 234 g/mol. The summed E-state index contributed by atoms with van der Waals surface area (Å²) in [5, 5.41) is 1.09. The van der Waals surface area contributed by atoms with Gasteiger partial charge in [-0.25, -0.2) is 9.97 Å². The summed E-state index contributed by atoms with van der Waals surface area (Å²) in [6.07, 6.45) is 3.52. The molecule has 1 aliphatic rings. The third-order valence-electron chi connectivity index (χ3n) is 3.07. The topological polar surface area (TPSA) is 61.0 Å². The molecule has 0 aliphatic heterocycles. The van der Waals surface area contributed by atoms with Crippen molar-refractivity contribution in [3.05, 3.63) is 16.3 Å². The Morgan fingerprint density at radius 1 is 1.35 bits per heavy atom. The normalized spacial score (nSPS) is 14.4. The van der Waals surface area contributed by atoms with Crippen molar-refractivity contribution in [2.24, 2.45) is 0 Å². The minimum Gasteiger partial charge on any atom is -0.383 e. The van der Waals surface area contributed by atoms with E-state index in [1.54, 1.807) is 11.3 Å². The summed E-state index contributed by atoms with van der Waals surface area (Å²) in [6, 6.07) is 0. The van der Waals surface area contributed by atoms with E-state index >= 15 is 0 Å². The SMILES string of the molecule is CCOCc1nc(N)c2c3c(sc2n1)CCC3. The lowest BCUT2D eigenvalue weighted by Crippen LogP contribution is -2.02. The van der Waals surface area contributed by atoms with E-state index in [1.165, 1.54) is 16.9 Å². The van der Waals surface area contributed by atoms with Crippen LogP contribution in [-0.2, 0) is 24.2 Å². The number of hydrogen-bond acceptors (Lipinski definition) is 5. The van der Waals surface area contributed by atoms with Crippen LogP contribution >= 0.6 is 11.3 Å². The molecule has 17 heavy (non-hydrogen) atoms. The predicted molar refractivity (Wildman–Crippen MR) is 69.2 cm³/mol. The zero-order valence-electron chi connectivity index (χ0n) is 9.82. The van der Waals surface area contributed by atoms with Crippen LogP contribution in [0.1, 0.15) is 29.6 Å². The zero-order chi connectivity index (χ0) is 11.8. The van der Waals surface area contributed by atoms with E-state index in [4.69, 9.17) is 10.5 Å². The number of rotatable bonds is 3.